The van der Waals surface area contributed by atoms with Crippen LogP contribution in [0.5, 0.6) is 11.5 Å². The number of aromatic amines is 1. The van der Waals surface area contributed by atoms with Crippen LogP contribution in [-0.2, 0) is 13.0 Å². The summed E-state index contributed by atoms with van der Waals surface area (Å²) < 4.78 is 10.6. The molecule has 0 aliphatic rings. The molecule has 3 aromatic rings. The number of fused-ring (bicyclic) bond motifs is 1. The van der Waals surface area contributed by atoms with Crippen LogP contribution in [0.15, 0.2) is 36.4 Å². The zero-order chi connectivity index (χ0) is 17.8. The largest absolute Gasteiger partial charge is 0.493 e. The quantitative estimate of drug-likeness (QED) is 0.637. The van der Waals surface area contributed by atoms with E-state index in [1.165, 1.54) is 33.3 Å². The highest BCUT2D eigenvalue weighted by atomic mass is 16.5. The first-order valence-corrected chi connectivity index (χ1v) is 8.62. The van der Waals surface area contributed by atoms with E-state index in [1.807, 2.05) is 12.1 Å². The molecule has 0 aliphatic carbocycles. The van der Waals surface area contributed by atoms with Crippen molar-refractivity contribution < 1.29 is 9.47 Å². The summed E-state index contributed by atoms with van der Waals surface area (Å²) in [5.74, 6) is 1.53. The van der Waals surface area contributed by atoms with E-state index in [4.69, 9.17) is 9.47 Å². The predicted octanol–water partition coefficient (Wildman–Crippen LogP) is 4.13. The van der Waals surface area contributed by atoms with Gasteiger partial charge in [0.25, 0.3) is 0 Å². The van der Waals surface area contributed by atoms with E-state index in [0.29, 0.717) is 0 Å². The Kier molecular flexibility index (Phi) is 5.29. The molecular weight excluding hydrogens is 312 g/mol. The van der Waals surface area contributed by atoms with Crippen molar-refractivity contribution in [2.75, 3.05) is 20.8 Å². The van der Waals surface area contributed by atoms with Gasteiger partial charge in [0.05, 0.1) is 14.2 Å². The van der Waals surface area contributed by atoms with Gasteiger partial charge in [-0.1, -0.05) is 17.7 Å². The van der Waals surface area contributed by atoms with Gasteiger partial charge in [0.15, 0.2) is 11.5 Å². The zero-order valence-corrected chi connectivity index (χ0v) is 15.4. The molecule has 2 aromatic carbocycles. The van der Waals surface area contributed by atoms with Gasteiger partial charge in [0, 0.05) is 23.1 Å². The average molecular weight is 338 g/mol. The van der Waals surface area contributed by atoms with Gasteiger partial charge < -0.3 is 19.8 Å². The molecule has 1 heterocycles. The minimum atomic E-state index is 0.760. The SMILES string of the molecule is COc1ccc(CNCCc2c(C)[nH]c3ccc(C)cc23)cc1OC. The highest BCUT2D eigenvalue weighted by molar-refractivity contribution is 5.85. The first kappa shape index (κ1) is 17.4. The van der Waals surface area contributed by atoms with Crippen molar-refractivity contribution >= 4 is 10.9 Å². The number of rotatable bonds is 7. The number of H-pyrrole nitrogens is 1. The third-order valence-electron chi connectivity index (χ3n) is 4.60. The van der Waals surface area contributed by atoms with E-state index < -0.39 is 0 Å². The molecule has 0 spiro atoms. The van der Waals surface area contributed by atoms with E-state index in [1.54, 1.807) is 14.2 Å². The highest BCUT2D eigenvalue weighted by Gasteiger charge is 2.08. The lowest BCUT2D eigenvalue weighted by atomic mass is 10.1. The van der Waals surface area contributed by atoms with Gasteiger partial charge in [-0.25, -0.2) is 0 Å². The normalized spacial score (nSPS) is 11.0. The summed E-state index contributed by atoms with van der Waals surface area (Å²) in [5, 5.41) is 4.86. The topological polar surface area (TPSA) is 46.3 Å². The summed E-state index contributed by atoms with van der Waals surface area (Å²) in [6, 6.07) is 12.6. The lowest BCUT2D eigenvalue weighted by Crippen LogP contribution is -2.17. The fourth-order valence-electron chi connectivity index (χ4n) is 3.26. The van der Waals surface area contributed by atoms with Crippen LogP contribution >= 0.6 is 0 Å². The number of nitrogens with one attached hydrogen (secondary N) is 2. The first-order chi connectivity index (χ1) is 12.1. The van der Waals surface area contributed by atoms with Crippen molar-refractivity contribution in [3.8, 4) is 11.5 Å². The molecule has 3 rings (SSSR count). The van der Waals surface area contributed by atoms with Gasteiger partial charge in [-0.15, -0.1) is 0 Å². The molecule has 132 valence electrons. The number of ether oxygens (including phenoxy) is 2. The Morgan fingerprint density at radius 3 is 2.52 bits per heavy atom. The number of methoxy groups -OCH3 is 2. The Morgan fingerprint density at radius 2 is 1.76 bits per heavy atom. The molecule has 25 heavy (non-hydrogen) atoms. The van der Waals surface area contributed by atoms with E-state index in [9.17, 15) is 0 Å². The van der Waals surface area contributed by atoms with E-state index in [-0.39, 0.29) is 0 Å². The van der Waals surface area contributed by atoms with Crippen molar-refractivity contribution in [1.82, 2.24) is 10.3 Å². The molecule has 0 fully saturated rings. The molecule has 0 atom stereocenters. The molecule has 4 nitrogen and oxygen atoms in total. The van der Waals surface area contributed by atoms with E-state index >= 15 is 0 Å². The number of aromatic nitrogens is 1. The van der Waals surface area contributed by atoms with Crippen LogP contribution in [0, 0.1) is 13.8 Å². The minimum absolute atomic E-state index is 0.760. The maximum Gasteiger partial charge on any atom is 0.161 e. The second kappa shape index (κ2) is 7.62. The van der Waals surface area contributed by atoms with Gasteiger partial charge in [-0.3, -0.25) is 0 Å². The van der Waals surface area contributed by atoms with Crippen LogP contribution in [0.2, 0.25) is 0 Å². The summed E-state index contributed by atoms with van der Waals surface area (Å²) in [4.78, 5) is 3.48. The second-order valence-electron chi connectivity index (χ2n) is 6.39. The molecule has 0 amide bonds. The summed E-state index contributed by atoms with van der Waals surface area (Å²) in [6.07, 6.45) is 1.00. The van der Waals surface area contributed by atoms with Gasteiger partial charge in [0.2, 0.25) is 0 Å². The molecule has 0 unspecified atom stereocenters. The van der Waals surface area contributed by atoms with Crippen molar-refractivity contribution in [2.45, 2.75) is 26.8 Å². The Morgan fingerprint density at radius 1 is 0.960 bits per heavy atom. The predicted molar refractivity (Wildman–Crippen MR) is 103 cm³/mol. The first-order valence-electron chi connectivity index (χ1n) is 8.62. The molecule has 1 aromatic heterocycles. The maximum atomic E-state index is 5.36. The number of hydrogen-bond donors (Lipinski definition) is 2. The minimum Gasteiger partial charge on any atom is -0.493 e. The monoisotopic (exact) mass is 338 g/mol. The van der Waals surface area contributed by atoms with Crippen molar-refractivity contribution in [3.63, 3.8) is 0 Å². The Hall–Kier alpha value is -2.46. The average Bonchev–Trinajstić information content (AvgIpc) is 2.93. The van der Waals surface area contributed by atoms with Gasteiger partial charge >= 0.3 is 0 Å². The van der Waals surface area contributed by atoms with Crippen LogP contribution in [0.4, 0.5) is 0 Å². The molecule has 4 heteroatoms. The standard InChI is InChI=1S/C21H26N2O2/c1-14-5-7-19-18(11-14)17(15(2)23-19)9-10-22-13-16-6-8-20(24-3)21(12-16)25-4/h5-8,11-12,22-23H,9-10,13H2,1-4H3. The molecule has 0 bridgehead atoms. The van der Waals surface area contributed by atoms with Gasteiger partial charge in [-0.2, -0.15) is 0 Å². The number of aryl methyl sites for hydroxylation is 2. The third kappa shape index (κ3) is 3.80. The fraction of sp³-hybridized carbons (Fsp3) is 0.333. The van der Waals surface area contributed by atoms with Crippen LogP contribution in [0.25, 0.3) is 10.9 Å². The lowest BCUT2D eigenvalue weighted by molar-refractivity contribution is 0.354. The van der Waals surface area contributed by atoms with Crippen molar-refractivity contribution in [3.05, 3.63) is 58.8 Å². The van der Waals surface area contributed by atoms with Crippen LogP contribution in [0.3, 0.4) is 0 Å². The van der Waals surface area contributed by atoms with E-state index in [0.717, 1.165) is 31.0 Å². The number of benzene rings is 2. The molecular formula is C21H26N2O2. The maximum absolute atomic E-state index is 5.36. The Bertz CT molecular complexity index is 868. The van der Waals surface area contributed by atoms with Crippen LogP contribution in [0.1, 0.15) is 22.4 Å². The highest BCUT2D eigenvalue weighted by Crippen LogP contribution is 2.27. The third-order valence-corrected chi connectivity index (χ3v) is 4.60. The molecule has 0 saturated heterocycles. The zero-order valence-electron chi connectivity index (χ0n) is 15.4. The smallest absolute Gasteiger partial charge is 0.161 e. The summed E-state index contributed by atoms with van der Waals surface area (Å²) in [6.45, 7) is 6.02. The van der Waals surface area contributed by atoms with Crippen molar-refractivity contribution in [1.29, 1.82) is 0 Å². The van der Waals surface area contributed by atoms with Crippen LogP contribution in [-0.4, -0.2) is 25.7 Å². The van der Waals surface area contributed by atoms with E-state index in [2.05, 4.69) is 48.4 Å². The Balaban J connectivity index is 1.62. The summed E-state index contributed by atoms with van der Waals surface area (Å²) in [5.41, 5.74) is 6.36. The van der Waals surface area contributed by atoms with Crippen molar-refractivity contribution in [2.24, 2.45) is 0 Å². The Labute approximate surface area is 149 Å². The van der Waals surface area contributed by atoms with Crippen LogP contribution < -0.4 is 14.8 Å². The molecule has 2 N–H and O–H groups in total. The number of hydrogen-bond acceptors (Lipinski definition) is 3. The van der Waals surface area contributed by atoms with Gasteiger partial charge in [-0.05, 0) is 62.2 Å². The fourth-order valence-corrected chi connectivity index (χ4v) is 3.26. The molecule has 0 aliphatic heterocycles. The molecule has 0 saturated carbocycles. The molecule has 0 radical (unpaired) electrons. The summed E-state index contributed by atoms with van der Waals surface area (Å²) >= 11 is 0. The second-order valence-corrected chi connectivity index (χ2v) is 6.39. The van der Waals surface area contributed by atoms with Gasteiger partial charge in [0.1, 0.15) is 0 Å². The summed E-state index contributed by atoms with van der Waals surface area (Å²) in [7, 11) is 3.32. The lowest BCUT2D eigenvalue weighted by Gasteiger charge is -2.10.